The van der Waals surface area contributed by atoms with Crippen LogP contribution in [0.5, 0.6) is 0 Å². The molecule has 0 saturated heterocycles. The predicted molar refractivity (Wildman–Crippen MR) is 123 cm³/mol. The maximum absolute atomic E-state index is 13.7. The number of aromatic nitrogens is 1. The van der Waals surface area contributed by atoms with E-state index in [1.54, 1.807) is 16.2 Å². The van der Waals surface area contributed by atoms with E-state index in [1.807, 2.05) is 71.5 Å². The number of nitrogens with one attached hydrogen (secondary N) is 1. The van der Waals surface area contributed by atoms with E-state index < -0.39 is 5.54 Å². The van der Waals surface area contributed by atoms with Gasteiger partial charge in [0.1, 0.15) is 11.2 Å². The maximum atomic E-state index is 13.7. The lowest BCUT2D eigenvalue weighted by Crippen LogP contribution is -2.64. The molecule has 1 atom stereocenters. The summed E-state index contributed by atoms with van der Waals surface area (Å²) in [5.74, 6) is -0.145. The second-order valence-corrected chi connectivity index (χ2v) is 9.79. The Morgan fingerprint density at radius 3 is 2.52 bits per heavy atom. The van der Waals surface area contributed by atoms with Crippen LogP contribution in [0.3, 0.4) is 0 Å². The van der Waals surface area contributed by atoms with Gasteiger partial charge in [-0.1, -0.05) is 49.2 Å². The second-order valence-electron chi connectivity index (χ2n) is 8.76. The summed E-state index contributed by atoms with van der Waals surface area (Å²) in [6.45, 7) is 2.80. The van der Waals surface area contributed by atoms with E-state index in [1.165, 1.54) is 0 Å². The SMILES string of the molecule is CC1(C(=O)NC2CCCC2)Cn2c(ccc2-c2ccccc2)C(=O)N1Cc1cccs1. The standard InChI is InChI=1S/C25H27N3O2S/c1-25(24(30)26-19-10-5-6-11-19)17-27-21(18-8-3-2-4-9-18)13-14-22(27)23(29)28(25)16-20-12-7-15-31-20/h2-4,7-9,12-15,19H,5-6,10-11,16-17H2,1H3,(H,26,30). The van der Waals surface area contributed by atoms with Crippen molar-refractivity contribution in [2.24, 2.45) is 0 Å². The van der Waals surface area contributed by atoms with Crippen LogP contribution in [0.4, 0.5) is 0 Å². The number of thiophene rings is 1. The van der Waals surface area contributed by atoms with Crippen molar-refractivity contribution in [3.05, 3.63) is 70.5 Å². The molecule has 1 aliphatic carbocycles. The van der Waals surface area contributed by atoms with Crippen molar-refractivity contribution in [1.29, 1.82) is 0 Å². The molecule has 2 amide bonds. The molecule has 0 spiro atoms. The van der Waals surface area contributed by atoms with Gasteiger partial charge >= 0.3 is 0 Å². The lowest BCUT2D eigenvalue weighted by molar-refractivity contribution is -0.133. The molecule has 1 saturated carbocycles. The first-order valence-corrected chi connectivity index (χ1v) is 11.8. The first-order valence-electron chi connectivity index (χ1n) is 11.0. The smallest absolute Gasteiger partial charge is 0.271 e. The Balaban J connectivity index is 1.55. The fourth-order valence-electron chi connectivity index (χ4n) is 4.85. The third-order valence-corrected chi connectivity index (χ3v) is 7.51. The Morgan fingerprint density at radius 2 is 1.81 bits per heavy atom. The number of amides is 2. The molecule has 5 rings (SSSR count). The van der Waals surface area contributed by atoms with Crippen molar-refractivity contribution in [1.82, 2.24) is 14.8 Å². The number of carbonyl (C=O) groups is 2. The van der Waals surface area contributed by atoms with Gasteiger partial charge in [0, 0.05) is 16.6 Å². The summed E-state index contributed by atoms with van der Waals surface area (Å²) in [5, 5.41) is 5.27. The molecule has 3 aromatic rings. The predicted octanol–water partition coefficient (Wildman–Crippen LogP) is 4.69. The number of hydrogen-bond donors (Lipinski definition) is 1. The zero-order chi connectivity index (χ0) is 21.4. The van der Waals surface area contributed by atoms with Crippen LogP contribution in [0.15, 0.2) is 60.0 Å². The largest absolute Gasteiger partial charge is 0.351 e. The summed E-state index contributed by atoms with van der Waals surface area (Å²) in [6, 6.07) is 18.2. The van der Waals surface area contributed by atoms with Gasteiger partial charge in [0.25, 0.3) is 5.91 Å². The molecule has 3 heterocycles. The summed E-state index contributed by atoms with van der Waals surface area (Å²) >= 11 is 1.61. The van der Waals surface area contributed by atoms with E-state index in [2.05, 4.69) is 5.32 Å². The molecule has 1 aliphatic heterocycles. The molecule has 5 nitrogen and oxygen atoms in total. The highest BCUT2D eigenvalue weighted by atomic mass is 32.1. The van der Waals surface area contributed by atoms with Gasteiger partial charge < -0.3 is 14.8 Å². The highest BCUT2D eigenvalue weighted by molar-refractivity contribution is 7.09. The molecule has 160 valence electrons. The number of benzene rings is 1. The van der Waals surface area contributed by atoms with Gasteiger partial charge in [-0.25, -0.2) is 0 Å². The molecule has 0 radical (unpaired) electrons. The number of nitrogens with zero attached hydrogens (tertiary/aromatic N) is 2. The van der Waals surface area contributed by atoms with Gasteiger partial charge in [0.05, 0.1) is 13.1 Å². The monoisotopic (exact) mass is 433 g/mol. The third-order valence-electron chi connectivity index (χ3n) is 6.65. The Bertz CT molecular complexity index is 1080. The molecule has 1 fully saturated rings. The van der Waals surface area contributed by atoms with Crippen molar-refractivity contribution >= 4 is 23.2 Å². The van der Waals surface area contributed by atoms with Crippen LogP contribution in [0.1, 0.15) is 48.0 Å². The van der Waals surface area contributed by atoms with Crippen LogP contribution < -0.4 is 5.32 Å². The van der Waals surface area contributed by atoms with Crippen molar-refractivity contribution in [2.45, 2.75) is 57.3 Å². The topological polar surface area (TPSA) is 54.3 Å². The van der Waals surface area contributed by atoms with Crippen molar-refractivity contribution in [3.63, 3.8) is 0 Å². The van der Waals surface area contributed by atoms with Gasteiger partial charge in [-0.15, -0.1) is 11.3 Å². The highest BCUT2D eigenvalue weighted by Gasteiger charge is 2.48. The Hall–Kier alpha value is -2.86. The summed E-state index contributed by atoms with van der Waals surface area (Å²) in [7, 11) is 0. The van der Waals surface area contributed by atoms with E-state index in [-0.39, 0.29) is 17.9 Å². The Morgan fingerprint density at radius 1 is 1.06 bits per heavy atom. The molecular weight excluding hydrogens is 406 g/mol. The Labute approximate surface area is 186 Å². The van der Waals surface area contributed by atoms with Crippen LogP contribution in [0, 0.1) is 0 Å². The quantitative estimate of drug-likeness (QED) is 0.635. The van der Waals surface area contributed by atoms with Gasteiger partial charge in [-0.05, 0) is 48.9 Å². The van der Waals surface area contributed by atoms with Crippen LogP contribution >= 0.6 is 11.3 Å². The minimum Gasteiger partial charge on any atom is -0.351 e. The zero-order valence-electron chi connectivity index (χ0n) is 17.7. The highest BCUT2D eigenvalue weighted by Crippen LogP contribution is 2.35. The number of hydrogen-bond acceptors (Lipinski definition) is 3. The number of rotatable bonds is 5. The number of carbonyl (C=O) groups excluding carboxylic acids is 2. The molecule has 0 bridgehead atoms. The first kappa shape index (κ1) is 20.1. The van der Waals surface area contributed by atoms with E-state index >= 15 is 0 Å². The average Bonchev–Trinajstić information content (AvgIpc) is 3.54. The van der Waals surface area contributed by atoms with E-state index in [9.17, 15) is 9.59 Å². The lowest BCUT2D eigenvalue weighted by Gasteiger charge is -2.44. The van der Waals surface area contributed by atoms with Gasteiger partial charge in [-0.2, -0.15) is 0 Å². The van der Waals surface area contributed by atoms with Gasteiger partial charge in [-0.3, -0.25) is 9.59 Å². The Kier molecular flexibility index (Phi) is 5.18. The molecule has 2 aromatic heterocycles. The van der Waals surface area contributed by atoms with Crippen LogP contribution in [-0.2, 0) is 17.9 Å². The summed E-state index contributed by atoms with van der Waals surface area (Å²) < 4.78 is 2.02. The number of fused-ring (bicyclic) bond motifs is 1. The van der Waals surface area contributed by atoms with Crippen LogP contribution in [0.25, 0.3) is 11.3 Å². The molecule has 2 aliphatic rings. The van der Waals surface area contributed by atoms with Crippen molar-refractivity contribution < 1.29 is 9.59 Å². The fourth-order valence-corrected chi connectivity index (χ4v) is 5.54. The lowest BCUT2D eigenvalue weighted by atomic mass is 9.93. The van der Waals surface area contributed by atoms with Crippen LogP contribution in [-0.4, -0.2) is 32.9 Å². The summed E-state index contributed by atoms with van der Waals surface area (Å²) in [6.07, 6.45) is 4.34. The zero-order valence-corrected chi connectivity index (χ0v) is 18.5. The van der Waals surface area contributed by atoms with Gasteiger partial charge in [0.15, 0.2) is 0 Å². The van der Waals surface area contributed by atoms with E-state index in [4.69, 9.17) is 0 Å². The summed E-state index contributed by atoms with van der Waals surface area (Å²) in [4.78, 5) is 30.2. The minimum atomic E-state index is -0.959. The molecular formula is C25H27N3O2S. The molecule has 31 heavy (non-hydrogen) atoms. The van der Waals surface area contributed by atoms with Crippen molar-refractivity contribution in [2.75, 3.05) is 0 Å². The van der Waals surface area contributed by atoms with Gasteiger partial charge in [0.2, 0.25) is 5.91 Å². The van der Waals surface area contributed by atoms with E-state index in [0.717, 1.165) is 41.8 Å². The normalized spacial score (nSPS) is 21.3. The molecule has 1 aromatic carbocycles. The summed E-state index contributed by atoms with van der Waals surface area (Å²) in [5.41, 5.74) is 1.70. The molecule has 6 heteroatoms. The second kappa shape index (κ2) is 8.00. The minimum absolute atomic E-state index is 0.0531. The fraction of sp³-hybridized carbons (Fsp3) is 0.360. The average molecular weight is 434 g/mol. The first-order chi connectivity index (χ1) is 15.1. The molecule has 1 N–H and O–H groups in total. The van der Waals surface area contributed by atoms with Crippen LogP contribution in [0.2, 0.25) is 0 Å². The molecule has 1 unspecified atom stereocenters. The van der Waals surface area contributed by atoms with E-state index in [0.29, 0.717) is 18.8 Å². The maximum Gasteiger partial charge on any atom is 0.271 e. The van der Waals surface area contributed by atoms with Crippen molar-refractivity contribution in [3.8, 4) is 11.3 Å². The third kappa shape index (κ3) is 3.59.